The lowest BCUT2D eigenvalue weighted by Gasteiger charge is -2.32. The molecule has 0 radical (unpaired) electrons. The zero-order chi connectivity index (χ0) is 17.5. The van der Waals surface area contributed by atoms with Crippen molar-refractivity contribution in [2.45, 2.75) is 32.2 Å². The van der Waals surface area contributed by atoms with E-state index in [1.165, 1.54) is 13.0 Å². The third kappa shape index (κ3) is 2.82. The first-order chi connectivity index (χ1) is 10.6. The Morgan fingerprint density at radius 1 is 1.30 bits per heavy atom. The molecule has 1 aliphatic carbocycles. The van der Waals surface area contributed by atoms with Gasteiger partial charge in [0, 0.05) is 10.6 Å². The average molecular weight is 338 g/mol. The zero-order valence-electron chi connectivity index (χ0n) is 12.8. The maximum absolute atomic E-state index is 12.6. The Hall–Kier alpha value is -2.34. The van der Waals surface area contributed by atoms with Crippen molar-refractivity contribution >= 4 is 35.0 Å². The van der Waals surface area contributed by atoms with Crippen LogP contribution in [0, 0.1) is 0 Å². The predicted octanol–water partition coefficient (Wildman–Crippen LogP) is 2.06. The SMILES string of the molecule is C[C@H](NC(=O)C1=C(O)c2cc(Cl)ccc2C(C)(C)C1=O)C(=O)O. The molecule has 1 atom stereocenters. The van der Waals surface area contributed by atoms with Gasteiger partial charge in [-0.3, -0.25) is 14.4 Å². The van der Waals surface area contributed by atoms with Crippen LogP contribution < -0.4 is 5.32 Å². The van der Waals surface area contributed by atoms with Gasteiger partial charge >= 0.3 is 5.97 Å². The summed E-state index contributed by atoms with van der Waals surface area (Å²) in [6.45, 7) is 4.52. The summed E-state index contributed by atoms with van der Waals surface area (Å²) >= 11 is 5.93. The summed E-state index contributed by atoms with van der Waals surface area (Å²) in [4.78, 5) is 35.8. The van der Waals surface area contributed by atoms with Gasteiger partial charge in [0.2, 0.25) is 0 Å². The third-order valence-electron chi connectivity index (χ3n) is 3.89. The van der Waals surface area contributed by atoms with Crippen molar-refractivity contribution in [3.05, 3.63) is 39.9 Å². The second-order valence-electron chi connectivity index (χ2n) is 5.90. The fourth-order valence-electron chi connectivity index (χ4n) is 2.48. The molecular formula is C16H16ClNO5. The number of rotatable bonds is 3. The van der Waals surface area contributed by atoms with E-state index in [1.54, 1.807) is 26.0 Å². The van der Waals surface area contributed by atoms with Crippen LogP contribution in [0.2, 0.25) is 5.02 Å². The van der Waals surface area contributed by atoms with Crippen LogP contribution in [0.3, 0.4) is 0 Å². The number of carboxylic acid groups (broad SMARTS) is 1. The van der Waals surface area contributed by atoms with Crippen LogP contribution in [0.5, 0.6) is 0 Å². The molecule has 0 unspecified atom stereocenters. The molecule has 0 bridgehead atoms. The van der Waals surface area contributed by atoms with E-state index in [0.29, 0.717) is 10.6 Å². The number of ketones is 1. The molecule has 0 aliphatic heterocycles. The van der Waals surface area contributed by atoms with Crippen LogP contribution in [0.15, 0.2) is 23.8 Å². The maximum Gasteiger partial charge on any atom is 0.325 e. The minimum Gasteiger partial charge on any atom is -0.506 e. The van der Waals surface area contributed by atoms with Crippen molar-refractivity contribution in [3.63, 3.8) is 0 Å². The quantitative estimate of drug-likeness (QED) is 0.732. The smallest absolute Gasteiger partial charge is 0.325 e. The molecule has 23 heavy (non-hydrogen) atoms. The molecule has 3 N–H and O–H groups in total. The number of Topliss-reactive ketones (excluding diaryl/α,β-unsaturated/α-hetero) is 1. The largest absolute Gasteiger partial charge is 0.506 e. The number of fused-ring (bicyclic) bond motifs is 1. The highest BCUT2D eigenvalue weighted by Crippen LogP contribution is 2.40. The Balaban J connectivity index is 2.58. The normalized spacial score (nSPS) is 17.5. The highest BCUT2D eigenvalue weighted by atomic mass is 35.5. The number of aliphatic hydroxyl groups is 1. The molecular weight excluding hydrogens is 322 g/mol. The van der Waals surface area contributed by atoms with Crippen LogP contribution in [0.4, 0.5) is 0 Å². The number of aliphatic hydroxyl groups excluding tert-OH is 1. The van der Waals surface area contributed by atoms with Crippen molar-refractivity contribution in [2.75, 3.05) is 0 Å². The molecule has 6 nitrogen and oxygen atoms in total. The van der Waals surface area contributed by atoms with Crippen molar-refractivity contribution < 1.29 is 24.6 Å². The molecule has 1 aromatic rings. The van der Waals surface area contributed by atoms with Crippen molar-refractivity contribution in [1.82, 2.24) is 5.32 Å². The minimum atomic E-state index is -1.25. The lowest BCUT2D eigenvalue weighted by Crippen LogP contribution is -2.45. The van der Waals surface area contributed by atoms with Gasteiger partial charge in [0.05, 0.1) is 5.41 Å². The number of amides is 1. The average Bonchev–Trinajstić information content (AvgIpc) is 2.45. The highest BCUT2D eigenvalue weighted by Gasteiger charge is 2.43. The fourth-order valence-corrected chi connectivity index (χ4v) is 2.65. The molecule has 0 saturated heterocycles. The number of carboxylic acids is 1. The first-order valence-electron chi connectivity index (χ1n) is 6.89. The first kappa shape index (κ1) is 17.0. The lowest BCUT2D eigenvalue weighted by atomic mass is 9.71. The summed E-state index contributed by atoms with van der Waals surface area (Å²) in [6, 6.07) is 3.49. The summed E-state index contributed by atoms with van der Waals surface area (Å²) in [5.41, 5.74) is -0.675. The number of aliphatic carboxylic acids is 1. The monoisotopic (exact) mass is 337 g/mol. The van der Waals surface area contributed by atoms with Crippen LogP contribution in [-0.4, -0.2) is 33.9 Å². The third-order valence-corrected chi connectivity index (χ3v) is 4.12. The summed E-state index contributed by atoms with van der Waals surface area (Å²) in [6.07, 6.45) is 0. The molecule has 7 heteroatoms. The second-order valence-corrected chi connectivity index (χ2v) is 6.34. The number of benzene rings is 1. The van der Waals surface area contributed by atoms with E-state index in [-0.39, 0.29) is 5.56 Å². The number of carbonyl (C=O) groups excluding carboxylic acids is 2. The van der Waals surface area contributed by atoms with Gasteiger partial charge in [-0.15, -0.1) is 0 Å². The van der Waals surface area contributed by atoms with Gasteiger partial charge in [-0.2, -0.15) is 0 Å². The van der Waals surface area contributed by atoms with Gasteiger partial charge < -0.3 is 15.5 Å². The Labute approximate surface area is 137 Å². The Morgan fingerprint density at radius 3 is 2.48 bits per heavy atom. The van der Waals surface area contributed by atoms with Crippen LogP contribution >= 0.6 is 11.6 Å². The van der Waals surface area contributed by atoms with E-state index < -0.39 is 40.4 Å². The number of hydrogen-bond donors (Lipinski definition) is 3. The number of hydrogen-bond acceptors (Lipinski definition) is 4. The van der Waals surface area contributed by atoms with Gasteiger partial charge in [0.15, 0.2) is 5.78 Å². The summed E-state index contributed by atoms with van der Waals surface area (Å²) in [5.74, 6) is -3.26. The molecule has 0 aromatic heterocycles. The number of nitrogens with one attached hydrogen (secondary N) is 1. The molecule has 0 saturated carbocycles. The Kier molecular flexibility index (Phi) is 4.22. The Bertz CT molecular complexity index is 751. The minimum absolute atomic E-state index is 0.287. The van der Waals surface area contributed by atoms with E-state index in [4.69, 9.17) is 16.7 Å². The zero-order valence-corrected chi connectivity index (χ0v) is 13.6. The topological polar surface area (TPSA) is 104 Å². The van der Waals surface area contributed by atoms with E-state index in [0.717, 1.165) is 0 Å². The van der Waals surface area contributed by atoms with Crippen LogP contribution in [0.1, 0.15) is 31.9 Å². The van der Waals surface area contributed by atoms with Crippen molar-refractivity contribution in [2.24, 2.45) is 0 Å². The van der Waals surface area contributed by atoms with Crippen LogP contribution in [0.25, 0.3) is 5.76 Å². The lowest BCUT2D eigenvalue weighted by molar-refractivity contribution is -0.141. The summed E-state index contributed by atoms with van der Waals surface area (Å²) in [7, 11) is 0. The standard InChI is InChI=1S/C16H16ClNO5/c1-7(15(22)23)18-14(21)11-12(19)9-6-8(17)4-5-10(9)16(2,3)13(11)20/h4-7,19H,1-3H3,(H,18,21)(H,22,23)/t7-/m0/s1. The van der Waals surface area contributed by atoms with E-state index in [1.807, 2.05) is 0 Å². The maximum atomic E-state index is 12.6. The fraction of sp³-hybridized carbons (Fsp3) is 0.312. The van der Waals surface area contributed by atoms with Gasteiger partial charge in [0.25, 0.3) is 5.91 Å². The van der Waals surface area contributed by atoms with Gasteiger partial charge in [-0.1, -0.05) is 17.7 Å². The molecule has 0 spiro atoms. The molecule has 1 aromatic carbocycles. The predicted molar refractivity (Wildman–Crippen MR) is 84.3 cm³/mol. The van der Waals surface area contributed by atoms with E-state index in [9.17, 15) is 19.5 Å². The second kappa shape index (κ2) is 5.70. The van der Waals surface area contributed by atoms with E-state index >= 15 is 0 Å². The van der Waals surface area contributed by atoms with Gasteiger partial charge in [-0.25, -0.2) is 0 Å². The van der Waals surface area contributed by atoms with Gasteiger partial charge in [-0.05, 0) is 38.5 Å². The molecule has 1 aliphatic rings. The van der Waals surface area contributed by atoms with Crippen molar-refractivity contribution in [3.8, 4) is 0 Å². The molecule has 2 rings (SSSR count). The molecule has 0 fully saturated rings. The number of halogens is 1. The van der Waals surface area contributed by atoms with Crippen molar-refractivity contribution in [1.29, 1.82) is 0 Å². The number of carbonyl (C=O) groups is 3. The molecule has 1 amide bonds. The molecule has 0 heterocycles. The van der Waals surface area contributed by atoms with Crippen LogP contribution in [-0.2, 0) is 19.8 Å². The van der Waals surface area contributed by atoms with E-state index in [2.05, 4.69) is 5.32 Å². The highest BCUT2D eigenvalue weighted by molar-refractivity contribution is 6.32. The summed E-state index contributed by atoms with van der Waals surface area (Å²) < 4.78 is 0. The first-order valence-corrected chi connectivity index (χ1v) is 7.27. The van der Waals surface area contributed by atoms with Gasteiger partial charge in [0.1, 0.15) is 17.4 Å². The summed E-state index contributed by atoms with van der Waals surface area (Å²) in [5, 5.41) is 21.8. The Morgan fingerprint density at radius 2 is 1.91 bits per heavy atom. The molecule has 122 valence electrons.